The van der Waals surface area contributed by atoms with E-state index in [9.17, 15) is 9.59 Å². The summed E-state index contributed by atoms with van der Waals surface area (Å²) >= 11 is 4.91. The van der Waals surface area contributed by atoms with Crippen molar-refractivity contribution >= 4 is 29.1 Å². The fraction of sp³-hybridized carbons (Fsp3) is 0.200. The van der Waals surface area contributed by atoms with Crippen LogP contribution >= 0.6 is 12.2 Å². The Hall–Kier alpha value is -2.94. The number of hydrogen-bond acceptors (Lipinski definition) is 5. The molecule has 0 spiro atoms. The van der Waals surface area contributed by atoms with E-state index >= 15 is 0 Å². The van der Waals surface area contributed by atoms with Crippen LogP contribution < -0.4 is 20.9 Å². The number of nitrogens with zero attached hydrogens (tertiary/aromatic N) is 1. The maximum atomic E-state index is 11.7. The minimum atomic E-state index is -0.480. The van der Waals surface area contributed by atoms with Gasteiger partial charge >= 0.3 is 0 Å². The number of H-pyrrole nitrogens is 1. The van der Waals surface area contributed by atoms with Gasteiger partial charge in [-0.2, -0.15) is 5.10 Å². The molecule has 0 aliphatic rings. The van der Waals surface area contributed by atoms with E-state index in [0.29, 0.717) is 5.75 Å². The molecule has 0 aliphatic heterocycles. The SMILES string of the molecule is Cc1ccc(OCC(=O)NC(=S)NNC(=O)c2cc(C)[nH]n2)cc1. The van der Waals surface area contributed by atoms with Gasteiger partial charge in [0.05, 0.1) is 0 Å². The number of thiocarbonyl (C=S) groups is 1. The highest BCUT2D eigenvalue weighted by Gasteiger charge is 2.10. The molecular formula is C15H17N5O3S. The maximum absolute atomic E-state index is 11.7. The van der Waals surface area contributed by atoms with Crippen molar-refractivity contribution in [1.29, 1.82) is 0 Å². The molecule has 2 rings (SSSR count). The van der Waals surface area contributed by atoms with Gasteiger partial charge in [-0.1, -0.05) is 17.7 Å². The first kappa shape index (κ1) is 17.4. The Labute approximate surface area is 143 Å². The number of nitrogens with one attached hydrogen (secondary N) is 4. The van der Waals surface area contributed by atoms with Crippen LogP contribution in [0.1, 0.15) is 21.7 Å². The molecule has 126 valence electrons. The predicted molar refractivity (Wildman–Crippen MR) is 91.3 cm³/mol. The van der Waals surface area contributed by atoms with E-state index in [1.807, 2.05) is 19.1 Å². The van der Waals surface area contributed by atoms with Gasteiger partial charge in [0.15, 0.2) is 17.4 Å². The molecule has 0 bridgehead atoms. The van der Waals surface area contributed by atoms with Gasteiger partial charge in [-0.15, -0.1) is 0 Å². The van der Waals surface area contributed by atoms with E-state index in [-0.39, 0.29) is 17.4 Å². The Morgan fingerprint density at radius 1 is 1.21 bits per heavy atom. The average molecular weight is 347 g/mol. The highest BCUT2D eigenvalue weighted by atomic mass is 32.1. The van der Waals surface area contributed by atoms with Crippen molar-refractivity contribution in [2.24, 2.45) is 0 Å². The van der Waals surface area contributed by atoms with Crippen molar-refractivity contribution in [2.45, 2.75) is 13.8 Å². The number of aromatic amines is 1. The highest BCUT2D eigenvalue weighted by Crippen LogP contribution is 2.10. The number of amides is 2. The number of hydrazine groups is 1. The number of ether oxygens (including phenoxy) is 1. The first-order valence-electron chi connectivity index (χ1n) is 7.05. The number of hydrogen-bond donors (Lipinski definition) is 4. The van der Waals surface area contributed by atoms with Gasteiger partial charge in [-0.3, -0.25) is 30.9 Å². The van der Waals surface area contributed by atoms with Crippen LogP contribution in [-0.2, 0) is 4.79 Å². The highest BCUT2D eigenvalue weighted by molar-refractivity contribution is 7.80. The number of carbonyl (C=O) groups excluding carboxylic acids is 2. The normalized spacial score (nSPS) is 9.92. The molecule has 4 N–H and O–H groups in total. The van der Waals surface area contributed by atoms with E-state index in [1.54, 1.807) is 25.1 Å². The molecule has 24 heavy (non-hydrogen) atoms. The van der Waals surface area contributed by atoms with Gasteiger partial charge in [0, 0.05) is 5.69 Å². The molecule has 2 amide bonds. The van der Waals surface area contributed by atoms with Crippen LogP contribution in [-0.4, -0.2) is 33.7 Å². The first-order valence-corrected chi connectivity index (χ1v) is 7.46. The molecule has 0 radical (unpaired) electrons. The first-order chi connectivity index (χ1) is 11.4. The molecule has 0 saturated heterocycles. The van der Waals surface area contributed by atoms with Crippen molar-refractivity contribution in [3.05, 3.63) is 47.3 Å². The quantitative estimate of drug-likeness (QED) is 0.480. The zero-order chi connectivity index (χ0) is 17.5. The molecule has 2 aromatic rings. The molecule has 0 atom stereocenters. The van der Waals surface area contributed by atoms with Crippen molar-refractivity contribution < 1.29 is 14.3 Å². The molecule has 9 heteroatoms. The fourth-order valence-corrected chi connectivity index (χ4v) is 1.85. The van der Waals surface area contributed by atoms with Crippen molar-refractivity contribution in [3.63, 3.8) is 0 Å². The van der Waals surface area contributed by atoms with Gasteiger partial charge < -0.3 is 4.74 Å². The van der Waals surface area contributed by atoms with Crippen LogP contribution in [0.2, 0.25) is 0 Å². The Bertz CT molecular complexity index is 742. The number of rotatable bonds is 4. The second-order valence-electron chi connectivity index (χ2n) is 4.99. The second-order valence-corrected chi connectivity index (χ2v) is 5.40. The molecule has 1 aromatic heterocycles. The van der Waals surface area contributed by atoms with E-state index in [2.05, 4.69) is 26.4 Å². The zero-order valence-corrected chi connectivity index (χ0v) is 14.0. The predicted octanol–water partition coefficient (Wildman–Crippen LogP) is 0.741. The van der Waals surface area contributed by atoms with Gasteiger partial charge in [-0.25, -0.2) is 0 Å². The molecule has 8 nitrogen and oxygen atoms in total. The lowest BCUT2D eigenvalue weighted by Gasteiger charge is -2.10. The summed E-state index contributed by atoms with van der Waals surface area (Å²) in [5.41, 5.74) is 6.80. The zero-order valence-electron chi connectivity index (χ0n) is 13.2. The Kier molecular flexibility index (Phi) is 5.85. The smallest absolute Gasteiger partial charge is 0.290 e. The van der Waals surface area contributed by atoms with E-state index in [4.69, 9.17) is 17.0 Å². The van der Waals surface area contributed by atoms with Crippen LogP contribution in [0.15, 0.2) is 30.3 Å². The van der Waals surface area contributed by atoms with Crippen LogP contribution in [0.4, 0.5) is 0 Å². The third kappa shape index (κ3) is 5.36. The molecule has 1 aromatic carbocycles. The van der Waals surface area contributed by atoms with Crippen LogP contribution in [0.25, 0.3) is 0 Å². The Morgan fingerprint density at radius 3 is 2.54 bits per heavy atom. The number of aromatic nitrogens is 2. The third-order valence-corrected chi connectivity index (χ3v) is 3.08. The van der Waals surface area contributed by atoms with Crippen LogP contribution in [0.3, 0.4) is 0 Å². The van der Waals surface area contributed by atoms with Crippen LogP contribution in [0.5, 0.6) is 5.75 Å². The van der Waals surface area contributed by atoms with Gasteiger partial charge in [0.1, 0.15) is 5.75 Å². The summed E-state index contributed by atoms with van der Waals surface area (Å²) in [6.45, 7) is 3.53. The summed E-state index contributed by atoms with van der Waals surface area (Å²) in [4.78, 5) is 23.5. The molecular weight excluding hydrogens is 330 g/mol. The lowest BCUT2D eigenvalue weighted by Crippen LogP contribution is -2.49. The van der Waals surface area contributed by atoms with E-state index in [0.717, 1.165) is 11.3 Å². The average Bonchev–Trinajstić information content (AvgIpc) is 2.98. The van der Waals surface area contributed by atoms with Crippen LogP contribution in [0, 0.1) is 13.8 Å². The number of carbonyl (C=O) groups is 2. The van der Waals surface area contributed by atoms with Crippen molar-refractivity contribution in [3.8, 4) is 5.75 Å². The minimum absolute atomic E-state index is 0.0480. The molecule has 0 aliphatic carbocycles. The lowest BCUT2D eigenvalue weighted by atomic mass is 10.2. The molecule has 0 fully saturated rings. The topological polar surface area (TPSA) is 108 Å². The molecule has 0 unspecified atom stereocenters. The lowest BCUT2D eigenvalue weighted by molar-refractivity contribution is -0.121. The van der Waals surface area contributed by atoms with Gasteiger partial charge in [-0.05, 0) is 44.3 Å². The summed E-state index contributed by atoms with van der Waals surface area (Å²) in [6.07, 6.45) is 0. The Balaban J connectivity index is 1.70. The summed E-state index contributed by atoms with van der Waals surface area (Å²) in [5.74, 6) is -0.346. The summed E-state index contributed by atoms with van der Waals surface area (Å²) in [5, 5.41) is 8.78. The summed E-state index contributed by atoms with van der Waals surface area (Å²) in [6, 6.07) is 8.88. The number of benzene rings is 1. The second kappa shape index (κ2) is 8.06. The van der Waals surface area contributed by atoms with Crippen molar-refractivity contribution in [2.75, 3.05) is 6.61 Å². The monoisotopic (exact) mass is 347 g/mol. The van der Waals surface area contributed by atoms with Gasteiger partial charge in [0.2, 0.25) is 0 Å². The van der Waals surface area contributed by atoms with E-state index < -0.39 is 11.8 Å². The Morgan fingerprint density at radius 2 is 1.92 bits per heavy atom. The minimum Gasteiger partial charge on any atom is -0.484 e. The summed E-state index contributed by atoms with van der Waals surface area (Å²) < 4.78 is 5.32. The van der Waals surface area contributed by atoms with E-state index in [1.165, 1.54) is 0 Å². The van der Waals surface area contributed by atoms with Crippen molar-refractivity contribution in [1.82, 2.24) is 26.4 Å². The number of aryl methyl sites for hydroxylation is 2. The fourth-order valence-electron chi connectivity index (χ4n) is 1.69. The largest absolute Gasteiger partial charge is 0.484 e. The molecule has 0 saturated carbocycles. The summed E-state index contributed by atoms with van der Waals surface area (Å²) in [7, 11) is 0. The maximum Gasteiger partial charge on any atom is 0.290 e. The standard InChI is InChI=1S/C15H17N5O3S/c1-9-3-5-11(6-4-9)23-8-13(21)16-15(24)20-19-14(22)12-7-10(2)17-18-12/h3-7H,8H2,1-2H3,(H,17,18)(H,19,22)(H2,16,20,21,24). The third-order valence-electron chi connectivity index (χ3n) is 2.87. The molecule has 1 heterocycles. The van der Waals surface area contributed by atoms with Gasteiger partial charge in [0.25, 0.3) is 11.8 Å².